The Morgan fingerprint density at radius 3 is 2.62 bits per heavy atom. The van der Waals surface area contributed by atoms with E-state index < -0.39 is 0 Å². The standard InChI is InChI=1S/C19H19N3OS/c1-14-22-16(13-24-14)12-21-19(23)11-17(15-7-3-2-4-8-15)18-9-5-6-10-20-18/h2-10,13,17H,11-12H2,1H3,(H,21,23)/t17-/m0/s1. The van der Waals surface area contributed by atoms with Gasteiger partial charge < -0.3 is 5.32 Å². The molecule has 3 aromatic rings. The number of pyridine rings is 1. The van der Waals surface area contributed by atoms with Crippen LogP contribution in [0.5, 0.6) is 0 Å². The lowest BCUT2D eigenvalue weighted by molar-refractivity contribution is -0.121. The highest BCUT2D eigenvalue weighted by molar-refractivity contribution is 7.09. The van der Waals surface area contributed by atoms with Crippen molar-refractivity contribution in [2.24, 2.45) is 0 Å². The van der Waals surface area contributed by atoms with Crippen molar-refractivity contribution in [3.05, 3.63) is 82.1 Å². The summed E-state index contributed by atoms with van der Waals surface area (Å²) in [7, 11) is 0. The average Bonchev–Trinajstić information content (AvgIpc) is 3.05. The lowest BCUT2D eigenvalue weighted by Crippen LogP contribution is -2.25. The number of hydrogen-bond acceptors (Lipinski definition) is 4. The summed E-state index contributed by atoms with van der Waals surface area (Å²) in [6.07, 6.45) is 2.13. The maximum atomic E-state index is 12.4. The van der Waals surface area contributed by atoms with Gasteiger partial charge in [-0.2, -0.15) is 0 Å². The molecule has 0 aliphatic rings. The van der Waals surface area contributed by atoms with Gasteiger partial charge in [-0.1, -0.05) is 36.4 Å². The molecule has 0 aliphatic heterocycles. The molecule has 0 saturated heterocycles. The van der Waals surface area contributed by atoms with E-state index in [1.54, 1.807) is 17.5 Å². The zero-order chi connectivity index (χ0) is 16.8. The van der Waals surface area contributed by atoms with Crippen molar-refractivity contribution < 1.29 is 4.79 Å². The summed E-state index contributed by atoms with van der Waals surface area (Å²) in [4.78, 5) is 21.2. The number of amides is 1. The predicted octanol–water partition coefficient (Wildman–Crippen LogP) is 3.68. The lowest BCUT2D eigenvalue weighted by atomic mass is 9.91. The Morgan fingerprint density at radius 1 is 1.17 bits per heavy atom. The van der Waals surface area contributed by atoms with Gasteiger partial charge in [0.15, 0.2) is 0 Å². The van der Waals surface area contributed by atoms with Gasteiger partial charge in [-0.25, -0.2) is 4.98 Å². The van der Waals surface area contributed by atoms with Crippen molar-refractivity contribution in [3.63, 3.8) is 0 Å². The summed E-state index contributed by atoms with van der Waals surface area (Å²) in [6.45, 7) is 2.43. The fraction of sp³-hybridized carbons (Fsp3) is 0.211. The van der Waals surface area contributed by atoms with E-state index in [0.29, 0.717) is 13.0 Å². The number of carbonyl (C=O) groups excluding carboxylic acids is 1. The van der Waals surface area contributed by atoms with Crippen molar-refractivity contribution in [1.29, 1.82) is 0 Å². The molecule has 1 amide bonds. The number of nitrogens with one attached hydrogen (secondary N) is 1. The van der Waals surface area contributed by atoms with Crippen molar-refractivity contribution in [3.8, 4) is 0 Å². The monoisotopic (exact) mass is 337 g/mol. The van der Waals surface area contributed by atoms with Crippen molar-refractivity contribution in [2.75, 3.05) is 0 Å². The van der Waals surface area contributed by atoms with Crippen LogP contribution >= 0.6 is 11.3 Å². The normalized spacial score (nSPS) is 11.9. The highest BCUT2D eigenvalue weighted by atomic mass is 32.1. The molecule has 4 nitrogen and oxygen atoms in total. The number of nitrogens with zero attached hydrogens (tertiary/aromatic N) is 2. The van der Waals surface area contributed by atoms with Crippen LogP contribution in [-0.2, 0) is 11.3 Å². The van der Waals surface area contributed by atoms with Gasteiger partial charge in [0.1, 0.15) is 0 Å². The predicted molar refractivity (Wildman–Crippen MR) is 95.8 cm³/mol. The first-order chi connectivity index (χ1) is 11.7. The second-order valence-corrected chi connectivity index (χ2v) is 6.62. The smallest absolute Gasteiger partial charge is 0.221 e. The number of rotatable bonds is 6. The molecule has 0 spiro atoms. The van der Waals surface area contributed by atoms with Gasteiger partial charge in [-0.05, 0) is 24.6 Å². The minimum Gasteiger partial charge on any atom is -0.350 e. The van der Waals surface area contributed by atoms with E-state index >= 15 is 0 Å². The average molecular weight is 337 g/mol. The molecule has 5 heteroatoms. The molecule has 3 rings (SSSR count). The number of aryl methyl sites for hydroxylation is 1. The summed E-state index contributed by atoms with van der Waals surface area (Å²) in [5.41, 5.74) is 2.90. The number of carbonyl (C=O) groups is 1. The third-order valence-electron chi connectivity index (χ3n) is 3.77. The van der Waals surface area contributed by atoms with Crippen molar-refractivity contribution in [2.45, 2.75) is 25.8 Å². The second kappa shape index (κ2) is 7.84. The molecule has 1 atom stereocenters. The molecule has 0 unspecified atom stereocenters. The molecule has 0 radical (unpaired) electrons. The first kappa shape index (κ1) is 16.3. The van der Waals surface area contributed by atoms with Gasteiger partial charge in [-0.3, -0.25) is 9.78 Å². The number of benzene rings is 1. The number of thiazole rings is 1. The van der Waals surface area contributed by atoms with Crippen LogP contribution < -0.4 is 5.32 Å². The third-order valence-corrected chi connectivity index (χ3v) is 4.59. The Bertz CT molecular complexity index is 747. The van der Waals surface area contributed by atoms with E-state index in [1.807, 2.05) is 60.8 Å². The topological polar surface area (TPSA) is 54.9 Å². The molecule has 1 aromatic carbocycles. The molecular formula is C19H19N3OS. The molecule has 1 N–H and O–H groups in total. The Morgan fingerprint density at radius 2 is 1.96 bits per heavy atom. The van der Waals surface area contributed by atoms with Crippen LogP contribution in [0.15, 0.2) is 60.1 Å². The molecule has 122 valence electrons. The van der Waals surface area contributed by atoms with Gasteiger partial charge >= 0.3 is 0 Å². The highest BCUT2D eigenvalue weighted by Crippen LogP contribution is 2.26. The van der Waals surface area contributed by atoms with Crippen molar-refractivity contribution >= 4 is 17.2 Å². The molecular weight excluding hydrogens is 318 g/mol. The van der Waals surface area contributed by atoms with E-state index in [-0.39, 0.29) is 11.8 Å². The zero-order valence-corrected chi connectivity index (χ0v) is 14.3. The van der Waals surface area contributed by atoms with Gasteiger partial charge in [0.2, 0.25) is 5.91 Å². The van der Waals surface area contributed by atoms with Crippen LogP contribution in [0, 0.1) is 6.92 Å². The summed E-state index contributed by atoms with van der Waals surface area (Å²) in [6, 6.07) is 15.8. The lowest BCUT2D eigenvalue weighted by Gasteiger charge is -2.16. The van der Waals surface area contributed by atoms with Crippen LogP contribution in [0.25, 0.3) is 0 Å². The van der Waals surface area contributed by atoms with Gasteiger partial charge in [0.05, 0.1) is 17.2 Å². The SMILES string of the molecule is Cc1nc(CNC(=O)C[C@@H](c2ccccc2)c2ccccn2)cs1. The Hall–Kier alpha value is -2.53. The van der Waals surface area contributed by atoms with E-state index in [2.05, 4.69) is 15.3 Å². The molecule has 2 aromatic heterocycles. The molecule has 0 fully saturated rings. The fourth-order valence-corrected chi connectivity index (χ4v) is 3.21. The third kappa shape index (κ3) is 4.26. The van der Waals surface area contributed by atoms with Crippen LogP contribution in [0.2, 0.25) is 0 Å². The summed E-state index contributed by atoms with van der Waals surface area (Å²) in [5, 5.41) is 5.94. The van der Waals surface area contributed by atoms with E-state index in [9.17, 15) is 4.79 Å². The first-order valence-electron chi connectivity index (χ1n) is 7.86. The highest BCUT2D eigenvalue weighted by Gasteiger charge is 2.19. The Kier molecular flexibility index (Phi) is 5.33. The minimum atomic E-state index is -0.0513. The maximum Gasteiger partial charge on any atom is 0.221 e. The van der Waals surface area contributed by atoms with Gasteiger partial charge in [0, 0.05) is 29.6 Å². The van der Waals surface area contributed by atoms with E-state index in [0.717, 1.165) is 22.0 Å². The van der Waals surface area contributed by atoms with Crippen LogP contribution in [0.1, 0.15) is 34.3 Å². The molecule has 24 heavy (non-hydrogen) atoms. The van der Waals surface area contributed by atoms with Crippen molar-refractivity contribution in [1.82, 2.24) is 15.3 Å². The van der Waals surface area contributed by atoms with Crippen LogP contribution in [0.3, 0.4) is 0 Å². The Balaban J connectivity index is 1.71. The summed E-state index contributed by atoms with van der Waals surface area (Å²) >= 11 is 1.59. The van der Waals surface area contributed by atoms with Crippen LogP contribution in [0.4, 0.5) is 0 Å². The number of aromatic nitrogens is 2. The van der Waals surface area contributed by atoms with E-state index in [4.69, 9.17) is 0 Å². The molecule has 0 bridgehead atoms. The second-order valence-electron chi connectivity index (χ2n) is 5.56. The largest absolute Gasteiger partial charge is 0.350 e. The molecule has 0 aliphatic carbocycles. The van der Waals surface area contributed by atoms with E-state index in [1.165, 1.54) is 0 Å². The van der Waals surface area contributed by atoms with Gasteiger partial charge in [0.25, 0.3) is 0 Å². The number of hydrogen-bond donors (Lipinski definition) is 1. The van der Waals surface area contributed by atoms with Crippen LogP contribution in [-0.4, -0.2) is 15.9 Å². The fourth-order valence-electron chi connectivity index (χ4n) is 2.60. The summed E-state index contributed by atoms with van der Waals surface area (Å²) < 4.78 is 0. The Labute approximate surface area is 145 Å². The zero-order valence-electron chi connectivity index (χ0n) is 13.5. The quantitative estimate of drug-likeness (QED) is 0.746. The molecule has 0 saturated carbocycles. The first-order valence-corrected chi connectivity index (χ1v) is 8.74. The summed E-state index contributed by atoms with van der Waals surface area (Å²) in [5.74, 6) is -0.0512. The maximum absolute atomic E-state index is 12.4. The molecule has 2 heterocycles. The minimum absolute atomic E-state index is 0.000147. The van der Waals surface area contributed by atoms with Gasteiger partial charge in [-0.15, -0.1) is 11.3 Å².